The monoisotopic (exact) mass is 425 g/mol. The highest BCUT2D eigenvalue weighted by molar-refractivity contribution is 7.80. The number of benzene rings is 2. The zero-order valence-corrected chi connectivity index (χ0v) is 19.4. The molecule has 3 rings (SSSR count). The second-order valence-electron chi connectivity index (χ2n) is 8.32. The van der Waals surface area contributed by atoms with Crippen LogP contribution in [0.25, 0.3) is 0 Å². The van der Waals surface area contributed by atoms with Gasteiger partial charge in [0.15, 0.2) is 5.11 Å². The van der Waals surface area contributed by atoms with E-state index >= 15 is 0 Å². The lowest BCUT2D eigenvalue weighted by atomic mass is 9.97. The van der Waals surface area contributed by atoms with Crippen molar-refractivity contribution in [3.05, 3.63) is 65.2 Å². The van der Waals surface area contributed by atoms with Gasteiger partial charge in [-0.3, -0.25) is 4.90 Å². The molecule has 0 aliphatic carbocycles. The minimum Gasteiger partial charge on any atom is -0.379 e. The maximum absolute atomic E-state index is 5.88. The Hall–Kier alpha value is -1.95. The van der Waals surface area contributed by atoms with Crippen LogP contribution in [0.3, 0.4) is 0 Å². The number of nitrogens with one attached hydrogen (secondary N) is 1. The Morgan fingerprint density at radius 2 is 1.83 bits per heavy atom. The number of hydrogen-bond acceptors (Lipinski definition) is 3. The molecule has 0 amide bonds. The van der Waals surface area contributed by atoms with Crippen molar-refractivity contribution in [1.29, 1.82) is 0 Å². The zero-order chi connectivity index (χ0) is 21.3. The molecule has 2 aromatic rings. The van der Waals surface area contributed by atoms with Crippen molar-refractivity contribution >= 4 is 23.0 Å². The molecule has 0 saturated carbocycles. The molecule has 1 saturated heterocycles. The van der Waals surface area contributed by atoms with Crippen LogP contribution in [-0.2, 0) is 11.3 Å². The molecule has 0 unspecified atom stereocenters. The van der Waals surface area contributed by atoms with Gasteiger partial charge in [0.25, 0.3) is 0 Å². The van der Waals surface area contributed by atoms with E-state index in [-0.39, 0.29) is 0 Å². The van der Waals surface area contributed by atoms with Crippen molar-refractivity contribution in [3.63, 3.8) is 0 Å². The van der Waals surface area contributed by atoms with Gasteiger partial charge >= 0.3 is 0 Å². The average molecular weight is 426 g/mol. The summed E-state index contributed by atoms with van der Waals surface area (Å²) in [6, 6.07) is 17.0. The van der Waals surface area contributed by atoms with Gasteiger partial charge < -0.3 is 15.0 Å². The van der Waals surface area contributed by atoms with Gasteiger partial charge in [-0.2, -0.15) is 0 Å². The van der Waals surface area contributed by atoms with Crippen LogP contribution in [0.4, 0.5) is 5.69 Å². The van der Waals surface area contributed by atoms with Gasteiger partial charge in [-0.1, -0.05) is 56.3 Å². The summed E-state index contributed by atoms with van der Waals surface area (Å²) in [5, 5.41) is 4.33. The number of hydrogen-bond donors (Lipinski definition) is 1. The molecule has 1 N–H and O–H groups in total. The predicted molar refractivity (Wildman–Crippen MR) is 130 cm³/mol. The average Bonchev–Trinajstić information content (AvgIpc) is 2.75. The number of nitrogens with zero attached hydrogens (tertiary/aromatic N) is 2. The lowest BCUT2D eigenvalue weighted by Gasteiger charge is -2.30. The van der Waals surface area contributed by atoms with Crippen molar-refractivity contribution < 1.29 is 4.74 Å². The molecule has 1 aliphatic heterocycles. The smallest absolute Gasteiger partial charge is 0.173 e. The fourth-order valence-electron chi connectivity index (χ4n) is 3.97. The number of morpholine rings is 1. The van der Waals surface area contributed by atoms with Crippen molar-refractivity contribution in [3.8, 4) is 0 Å². The third-order valence-corrected chi connectivity index (χ3v) is 6.11. The van der Waals surface area contributed by atoms with E-state index in [0.29, 0.717) is 5.92 Å². The van der Waals surface area contributed by atoms with E-state index in [4.69, 9.17) is 17.0 Å². The highest BCUT2D eigenvalue weighted by Gasteiger charge is 2.15. The van der Waals surface area contributed by atoms with Crippen molar-refractivity contribution in [2.75, 3.05) is 44.7 Å². The fraction of sp³-hybridized carbons (Fsp3) is 0.480. The van der Waals surface area contributed by atoms with E-state index in [9.17, 15) is 0 Å². The molecule has 0 bridgehead atoms. The highest BCUT2D eigenvalue weighted by Crippen LogP contribution is 2.25. The topological polar surface area (TPSA) is 27.7 Å². The van der Waals surface area contributed by atoms with Gasteiger partial charge in [0, 0.05) is 38.4 Å². The summed E-state index contributed by atoms with van der Waals surface area (Å²) >= 11 is 5.88. The van der Waals surface area contributed by atoms with Gasteiger partial charge in [0.2, 0.25) is 0 Å². The van der Waals surface area contributed by atoms with E-state index in [0.717, 1.165) is 63.2 Å². The van der Waals surface area contributed by atoms with E-state index in [1.54, 1.807) is 0 Å². The molecule has 1 aliphatic rings. The standard InChI is InChI=1S/C25H35N3OS/c1-20(2)23-11-7-12-24(21(23)3)26-25(30)28(19-22-9-5-4-6-10-22)14-8-13-27-15-17-29-18-16-27/h4-7,9-12,20H,8,13-19H2,1-3H3,(H,26,30). The maximum atomic E-state index is 5.88. The number of anilines is 1. The van der Waals surface area contributed by atoms with E-state index in [2.05, 4.69) is 84.4 Å². The van der Waals surface area contributed by atoms with Crippen molar-refractivity contribution in [1.82, 2.24) is 9.80 Å². The minimum absolute atomic E-state index is 0.495. The summed E-state index contributed by atoms with van der Waals surface area (Å²) in [5.74, 6) is 0.495. The third kappa shape index (κ3) is 6.53. The Morgan fingerprint density at radius 1 is 1.10 bits per heavy atom. The first-order valence-corrected chi connectivity index (χ1v) is 11.4. The van der Waals surface area contributed by atoms with Crippen LogP contribution in [0.1, 0.15) is 42.9 Å². The highest BCUT2D eigenvalue weighted by atomic mass is 32.1. The Bertz CT molecular complexity index is 803. The fourth-order valence-corrected chi connectivity index (χ4v) is 4.24. The van der Waals surface area contributed by atoms with E-state index < -0.39 is 0 Å². The molecule has 30 heavy (non-hydrogen) atoms. The van der Waals surface area contributed by atoms with Crippen LogP contribution >= 0.6 is 12.2 Å². The van der Waals surface area contributed by atoms with E-state index in [1.807, 2.05) is 0 Å². The van der Waals surface area contributed by atoms with Crippen molar-refractivity contribution in [2.24, 2.45) is 0 Å². The summed E-state index contributed by atoms with van der Waals surface area (Å²) in [5.41, 5.74) is 5.03. The molecule has 4 nitrogen and oxygen atoms in total. The molecule has 0 aromatic heterocycles. The summed E-state index contributed by atoms with van der Waals surface area (Å²) in [4.78, 5) is 4.78. The van der Waals surface area contributed by atoms with Crippen LogP contribution in [0.15, 0.2) is 48.5 Å². The molecule has 5 heteroatoms. The zero-order valence-electron chi connectivity index (χ0n) is 18.6. The van der Waals surface area contributed by atoms with Gasteiger partial charge in [-0.25, -0.2) is 0 Å². The molecule has 1 fully saturated rings. The first-order valence-electron chi connectivity index (χ1n) is 11.0. The van der Waals surface area contributed by atoms with Gasteiger partial charge in [0.05, 0.1) is 13.2 Å². The SMILES string of the molecule is Cc1c(NC(=S)N(CCCN2CCOCC2)Cc2ccccc2)cccc1C(C)C. The second-order valence-corrected chi connectivity index (χ2v) is 8.71. The van der Waals surface area contributed by atoms with Gasteiger partial charge in [-0.15, -0.1) is 0 Å². The lowest BCUT2D eigenvalue weighted by molar-refractivity contribution is 0.0368. The normalized spacial score (nSPS) is 14.7. The Labute approximate surface area is 187 Å². The molecule has 0 atom stereocenters. The van der Waals surface area contributed by atoms with Crippen LogP contribution < -0.4 is 5.32 Å². The third-order valence-electron chi connectivity index (χ3n) is 5.75. The molecule has 0 spiro atoms. The summed E-state index contributed by atoms with van der Waals surface area (Å²) in [6.45, 7) is 13.2. The molecular weight excluding hydrogens is 390 g/mol. The first-order chi connectivity index (χ1) is 14.5. The quantitative estimate of drug-likeness (QED) is 0.598. The van der Waals surface area contributed by atoms with Crippen LogP contribution in [-0.4, -0.2) is 54.3 Å². The number of ether oxygens (including phenoxy) is 1. The van der Waals surface area contributed by atoms with Crippen molar-refractivity contribution in [2.45, 2.75) is 39.7 Å². The predicted octanol–water partition coefficient (Wildman–Crippen LogP) is 5.04. The molecule has 0 radical (unpaired) electrons. The first kappa shape index (κ1) is 22.7. The summed E-state index contributed by atoms with van der Waals surface area (Å²) in [7, 11) is 0. The largest absolute Gasteiger partial charge is 0.379 e. The Balaban J connectivity index is 1.67. The summed E-state index contributed by atoms with van der Waals surface area (Å²) < 4.78 is 5.47. The molecule has 2 aromatic carbocycles. The van der Waals surface area contributed by atoms with E-state index in [1.165, 1.54) is 16.7 Å². The summed E-state index contributed by atoms with van der Waals surface area (Å²) in [6.07, 6.45) is 1.08. The number of rotatable bonds is 8. The second kappa shape index (κ2) is 11.4. The minimum atomic E-state index is 0.495. The van der Waals surface area contributed by atoms with Crippen LogP contribution in [0.2, 0.25) is 0 Å². The van der Waals surface area contributed by atoms with Gasteiger partial charge in [0.1, 0.15) is 0 Å². The molecule has 162 valence electrons. The lowest BCUT2D eigenvalue weighted by Crippen LogP contribution is -2.40. The van der Waals surface area contributed by atoms with Crippen LogP contribution in [0.5, 0.6) is 0 Å². The Morgan fingerprint density at radius 3 is 2.53 bits per heavy atom. The molecule has 1 heterocycles. The maximum Gasteiger partial charge on any atom is 0.173 e. The Kier molecular flexibility index (Phi) is 8.67. The molecular formula is C25H35N3OS. The number of thiocarbonyl (C=S) groups is 1. The van der Waals surface area contributed by atoms with Crippen LogP contribution in [0, 0.1) is 6.92 Å². The van der Waals surface area contributed by atoms with Gasteiger partial charge in [-0.05, 0) is 54.2 Å².